The van der Waals surface area contributed by atoms with Crippen molar-refractivity contribution in [2.24, 2.45) is 4.99 Å². The Bertz CT molecular complexity index is 426. The number of carbonyl (C=O) groups is 1. The van der Waals surface area contributed by atoms with E-state index in [-0.39, 0.29) is 12.0 Å². The summed E-state index contributed by atoms with van der Waals surface area (Å²) in [6.07, 6.45) is 16.6. The highest BCUT2D eigenvalue weighted by Crippen LogP contribution is 2.16. The third-order valence-corrected chi connectivity index (χ3v) is 3.89. The molecule has 1 aliphatic rings. The fourth-order valence-electron chi connectivity index (χ4n) is 2.24. The number of allylic oxidation sites excluding steroid dienone is 2. The normalized spacial score (nSPS) is 16.5. The van der Waals surface area contributed by atoms with Crippen molar-refractivity contribution in [3.63, 3.8) is 0 Å². The van der Waals surface area contributed by atoms with Gasteiger partial charge in [-0.3, -0.25) is 4.99 Å². The minimum Gasteiger partial charge on any atom is -0.467 e. The van der Waals surface area contributed by atoms with Crippen LogP contribution in [0.5, 0.6) is 0 Å². The Kier molecular flexibility index (Phi) is 10.3. The molecule has 124 valence electrons. The monoisotopic (exact) mass is 345 g/mol. The molecule has 0 fully saturated rings. The summed E-state index contributed by atoms with van der Waals surface area (Å²) in [4.78, 5) is 15.2. The standard InChI is InChI=1S/C17H25Cl2NO2/c1-22-17(21)16-14(20-16)12-10-8-6-4-2-3-5-7-9-11-13-15(18)19/h10,12-13,16H,2-9,11H2,1H3/b12-10+/t16-/m1/s1. The number of carbonyl (C=O) groups excluding carboxylic acids is 1. The van der Waals surface area contributed by atoms with Crippen molar-refractivity contribution in [3.8, 4) is 0 Å². The van der Waals surface area contributed by atoms with Gasteiger partial charge in [-0.2, -0.15) is 0 Å². The number of esters is 1. The van der Waals surface area contributed by atoms with Crippen LogP contribution in [0.4, 0.5) is 0 Å². The fraction of sp³-hybridized carbons (Fsp3) is 0.647. The third-order valence-electron chi connectivity index (χ3n) is 3.58. The number of halogens is 2. The maximum atomic E-state index is 11.1. The summed E-state index contributed by atoms with van der Waals surface area (Å²) in [5, 5.41) is 0. The molecule has 0 saturated carbocycles. The molecule has 0 amide bonds. The number of unbranched alkanes of at least 4 members (excludes halogenated alkanes) is 8. The van der Waals surface area contributed by atoms with Gasteiger partial charge in [0.05, 0.1) is 12.8 Å². The molecule has 0 aromatic carbocycles. The van der Waals surface area contributed by atoms with E-state index >= 15 is 0 Å². The van der Waals surface area contributed by atoms with Crippen molar-refractivity contribution in [3.05, 3.63) is 22.7 Å². The number of hydrogen-bond acceptors (Lipinski definition) is 3. The Morgan fingerprint density at radius 1 is 1.09 bits per heavy atom. The molecule has 0 unspecified atom stereocenters. The molecule has 1 rings (SSSR count). The largest absolute Gasteiger partial charge is 0.467 e. The lowest BCUT2D eigenvalue weighted by Gasteiger charge is -2.00. The zero-order valence-electron chi connectivity index (χ0n) is 13.2. The topological polar surface area (TPSA) is 38.7 Å². The van der Waals surface area contributed by atoms with Gasteiger partial charge in [-0.15, -0.1) is 0 Å². The molecule has 3 nitrogen and oxygen atoms in total. The highest BCUT2D eigenvalue weighted by Gasteiger charge is 2.33. The summed E-state index contributed by atoms with van der Waals surface area (Å²) in [6.45, 7) is 0. The first-order chi connectivity index (χ1) is 10.6. The van der Waals surface area contributed by atoms with Crippen LogP contribution in [-0.4, -0.2) is 24.8 Å². The molecule has 0 aromatic rings. The Hall–Kier alpha value is -0.800. The van der Waals surface area contributed by atoms with Crippen molar-refractivity contribution in [1.29, 1.82) is 0 Å². The predicted octanol–water partition coefficient (Wildman–Crippen LogP) is 5.37. The quantitative estimate of drug-likeness (QED) is 0.352. The number of aliphatic imine (C=N–C) groups is 1. The Morgan fingerprint density at radius 2 is 1.68 bits per heavy atom. The van der Waals surface area contributed by atoms with Crippen LogP contribution in [0.3, 0.4) is 0 Å². The van der Waals surface area contributed by atoms with Crippen LogP contribution in [0.25, 0.3) is 0 Å². The van der Waals surface area contributed by atoms with Crippen molar-refractivity contribution in [2.75, 3.05) is 7.11 Å². The van der Waals surface area contributed by atoms with Crippen LogP contribution >= 0.6 is 23.2 Å². The van der Waals surface area contributed by atoms with E-state index in [1.54, 1.807) is 0 Å². The molecule has 1 aliphatic heterocycles. The second-order valence-corrected chi connectivity index (χ2v) is 6.44. The summed E-state index contributed by atoms with van der Waals surface area (Å²) in [7, 11) is 1.39. The maximum absolute atomic E-state index is 11.1. The number of hydrogen-bond donors (Lipinski definition) is 0. The summed E-state index contributed by atoms with van der Waals surface area (Å²) < 4.78 is 5.00. The van der Waals surface area contributed by atoms with Crippen molar-refractivity contribution >= 4 is 34.9 Å². The number of ether oxygens (including phenoxy) is 1. The van der Waals surface area contributed by atoms with E-state index < -0.39 is 0 Å². The van der Waals surface area contributed by atoms with Gasteiger partial charge in [0.2, 0.25) is 0 Å². The molecule has 0 aromatic heterocycles. The smallest absolute Gasteiger partial charge is 0.336 e. The van der Waals surface area contributed by atoms with Crippen LogP contribution in [0.1, 0.15) is 57.8 Å². The average Bonchev–Trinajstić information content (AvgIpc) is 3.26. The minimum atomic E-state index is -0.329. The predicted molar refractivity (Wildman–Crippen MR) is 93.7 cm³/mol. The van der Waals surface area contributed by atoms with E-state index in [4.69, 9.17) is 23.2 Å². The fourth-order valence-corrected chi connectivity index (χ4v) is 2.45. The summed E-state index contributed by atoms with van der Waals surface area (Å²) in [5.74, 6) is -0.261. The summed E-state index contributed by atoms with van der Waals surface area (Å²) >= 11 is 11.1. The molecule has 0 saturated heterocycles. The molecule has 1 atom stereocenters. The number of methoxy groups -OCH3 is 1. The third kappa shape index (κ3) is 9.26. The second kappa shape index (κ2) is 11.7. The van der Waals surface area contributed by atoms with Crippen LogP contribution in [0.2, 0.25) is 0 Å². The first-order valence-electron chi connectivity index (χ1n) is 7.98. The molecule has 0 aliphatic carbocycles. The molecule has 0 bridgehead atoms. The lowest BCUT2D eigenvalue weighted by molar-refractivity contribution is -0.139. The molecular weight excluding hydrogens is 321 g/mol. The lowest BCUT2D eigenvalue weighted by Crippen LogP contribution is -2.12. The molecule has 1 heterocycles. The summed E-state index contributed by atoms with van der Waals surface area (Å²) in [5.41, 5.74) is 0.845. The second-order valence-electron chi connectivity index (χ2n) is 5.43. The molecule has 0 spiro atoms. The molecule has 22 heavy (non-hydrogen) atoms. The zero-order chi connectivity index (χ0) is 16.2. The van der Waals surface area contributed by atoms with E-state index in [2.05, 4.69) is 15.8 Å². The minimum absolute atomic E-state index is 0.261. The van der Waals surface area contributed by atoms with Crippen LogP contribution in [-0.2, 0) is 9.53 Å². The van der Waals surface area contributed by atoms with Gasteiger partial charge in [-0.1, -0.05) is 67.5 Å². The van der Waals surface area contributed by atoms with Crippen LogP contribution < -0.4 is 0 Å². The maximum Gasteiger partial charge on any atom is 0.336 e. The van der Waals surface area contributed by atoms with Gasteiger partial charge in [0, 0.05) is 0 Å². The zero-order valence-corrected chi connectivity index (χ0v) is 14.7. The molecular formula is C17H25Cl2NO2. The Morgan fingerprint density at radius 3 is 2.27 bits per heavy atom. The van der Waals surface area contributed by atoms with E-state index in [0.29, 0.717) is 4.49 Å². The first kappa shape index (κ1) is 19.2. The van der Waals surface area contributed by atoms with Crippen molar-refractivity contribution < 1.29 is 9.53 Å². The Labute approximate surface area is 143 Å². The average molecular weight is 346 g/mol. The van der Waals surface area contributed by atoms with Crippen LogP contribution in [0, 0.1) is 0 Å². The van der Waals surface area contributed by atoms with Gasteiger partial charge in [-0.25, -0.2) is 4.79 Å². The molecule has 0 radical (unpaired) electrons. The van der Waals surface area contributed by atoms with E-state index in [1.807, 2.05) is 12.2 Å². The van der Waals surface area contributed by atoms with Gasteiger partial charge >= 0.3 is 5.97 Å². The first-order valence-corrected chi connectivity index (χ1v) is 8.74. The van der Waals surface area contributed by atoms with Gasteiger partial charge < -0.3 is 4.74 Å². The molecule has 0 N–H and O–H groups in total. The van der Waals surface area contributed by atoms with Crippen LogP contribution in [0.15, 0.2) is 27.7 Å². The lowest BCUT2D eigenvalue weighted by atomic mass is 10.1. The number of nitrogens with zero attached hydrogens (tertiary/aromatic N) is 1. The van der Waals surface area contributed by atoms with Crippen molar-refractivity contribution in [2.45, 2.75) is 63.8 Å². The highest BCUT2D eigenvalue weighted by molar-refractivity contribution is 6.55. The SMILES string of the molecule is COC(=O)[C@@H]1N=C1/C=C/CCCCCCCCCC=C(Cl)Cl. The highest BCUT2D eigenvalue weighted by atomic mass is 35.5. The van der Waals surface area contributed by atoms with E-state index in [0.717, 1.165) is 25.0 Å². The van der Waals surface area contributed by atoms with E-state index in [9.17, 15) is 4.79 Å². The molecule has 5 heteroatoms. The van der Waals surface area contributed by atoms with Gasteiger partial charge in [0.1, 0.15) is 4.49 Å². The van der Waals surface area contributed by atoms with Crippen molar-refractivity contribution in [1.82, 2.24) is 0 Å². The van der Waals surface area contributed by atoms with Gasteiger partial charge in [-0.05, 0) is 31.8 Å². The van der Waals surface area contributed by atoms with Gasteiger partial charge in [0.15, 0.2) is 6.04 Å². The van der Waals surface area contributed by atoms with E-state index in [1.165, 1.54) is 45.6 Å². The van der Waals surface area contributed by atoms with Gasteiger partial charge in [0.25, 0.3) is 0 Å². The number of rotatable bonds is 12. The Balaban J connectivity index is 1.84. The summed E-state index contributed by atoms with van der Waals surface area (Å²) in [6, 6.07) is -0.329.